The lowest BCUT2D eigenvalue weighted by atomic mass is 9.80. The first-order valence-corrected chi connectivity index (χ1v) is 8.48. The Balaban J connectivity index is 1.64. The van der Waals surface area contributed by atoms with Crippen LogP contribution in [-0.2, 0) is 14.5 Å². The summed E-state index contributed by atoms with van der Waals surface area (Å²) in [6, 6.07) is 15.9. The first kappa shape index (κ1) is 16.4. The van der Waals surface area contributed by atoms with Crippen LogP contribution in [0.4, 0.5) is 0 Å². The van der Waals surface area contributed by atoms with Gasteiger partial charge in [-0.3, -0.25) is 0 Å². The average Bonchev–Trinajstić information content (AvgIpc) is 3.17. The molecule has 4 rings (SSSR count). The zero-order valence-corrected chi connectivity index (χ0v) is 14.4. The second-order valence-electron chi connectivity index (χ2n) is 6.42. The van der Waals surface area contributed by atoms with Crippen LogP contribution in [0.5, 0.6) is 11.5 Å². The smallest absolute Gasteiger partial charge is 0.128 e. The molecule has 0 unspecified atom stereocenters. The predicted molar refractivity (Wildman–Crippen MR) is 91.4 cm³/mol. The molecule has 2 heterocycles. The zero-order valence-electron chi connectivity index (χ0n) is 14.4. The third-order valence-electron chi connectivity index (χ3n) is 5.09. The number of hydrogen-bond donors (Lipinski definition) is 0. The number of fused-ring (bicyclic) bond motifs is 1. The summed E-state index contributed by atoms with van der Waals surface area (Å²) < 4.78 is 16.6. The van der Waals surface area contributed by atoms with E-state index in [1.54, 1.807) is 14.2 Å². The van der Waals surface area contributed by atoms with Crippen molar-refractivity contribution in [3.05, 3.63) is 59.7 Å². The SMILES string of the molecule is COc1ccc([C@H]2OO[C@H](c3ccccc3)[C@H]3COC[C@@H]32)c(OC)c1. The van der Waals surface area contributed by atoms with E-state index in [0.717, 1.165) is 22.6 Å². The van der Waals surface area contributed by atoms with E-state index in [1.807, 2.05) is 36.4 Å². The second-order valence-corrected chi connectivity index (χ2v) is 6.42. The number of rotatable bonds is 4. The summed E-state index contributed by atoms with van der Waals surface area (Å²) in [5.41, 5.74) is 2.07. The molecular formula is C20H22O5. The van der Waals surface area contributed by atoms with E-state index in [2.05, 4.69) is 12.1 Å². The lowest BCUT2D eigenvalue weighted by Gasteiger charge is -2.37. The van der Waals surface area contributed by atoms with Crippen LogP contribution in [0.25, 0.3) is 0 Å². The third-order valence-corrected chi connectivity index (χ3v) is 5.09. The molecule has 2 fully saturated rings. The molecule has 2 aromatic rings. The number of benzene rings is 2. The summed E-state index contributed by atoms with van der Waals surface area (Å²) in [5.74, 6) is 1.93. The quantitative estimate of drug-likeness (QED) is 0.793. The molecule has 2 aliphatic rings. The van der Waals surface area contributed by atoms with Gasteiger partial charge in [-0.2, -0.15) is 0 Å². The van der Waals surface area contributed by atoms with Crippen LogP contribution in [0.3, 0.4) is 0 Å². The van der Waals surface area contributed by atoms with Gasteiger partial charge in [0.05, 0.1) is 27.4 Å². The standard InChI is InChI=1S/C20H22O5/c1-21-14-8-9-15(18(10-14)22-2)20-17-12-23-11-16(17)19(24-25-20)13-6-4-3-5-7-13/h3-10,16-17,19-20H,11-12H2,1-2H3/t16-,17-,19+,20+/m0/s1. The number of hydrogen-bond acceptors (Lipinski definition) is 5. The Hall–Kier alpha value is -2.08. The Morgan fingerprint density at radius 1 is 0.840 bits per heavy atom. The maximum Gasteiger partial charge on any atom is 0.128 e. The molecule has 132 valence electrons. The minimum atomic E-state index is -0.228. The van der Waals surface area contributed by atoms with Crippen molar-refractivity contribution in [3.63, 3.8) is 0 Å². The van der Waals surface area contributed by atoms with E-state index >= 15 is 0 Å². The molecular weight excluding hydrogens is 320 g/mol. The largest absolute Gasteiger partial charge is 0.497 e. The van der Waals surface area contributed by atoms with Gasteiger partial charge in [0.2, 0.25) is 0 Å². The van der Waals surface area contributed by atoms with Gasteiger partial charge in [0, 0.05) is 23.5 Å². The topological polar surface area (TPSA) is 46.2 Å². The van der Waals surface area contributed by atoms with E-state index in [9.17, 15) is 0 Å². The Bertz CT molecular complexity index is 717. The fraction of sp³-hybridized carbons (Fsp3) is 0.400. The minimum Gasteiger partial charge on any atom is -0.497 e. The van der Waals surface area contributed by atoms with Crippen LogP contribution in [0.15, 0.2) is 48.5 Å². The third kappa shape index (κ3) is 2.99. The molecule has 0 amide bonds. The lowest BCUT2D eigenvalue weighted by molar-refractivity contribution is -0.403. The molecule has 2 aliphatic heterocycles. The normalized spacial score (nSPS) is 28.4. The van der Waals surface area contributed by atoms with Crippen molar-refractivity contribution >= 4 is 0 Å². The van der Waals surface area contributed by atoms with Crippen LogP contribution in [0, 0.1) is 11.8 Å². The molecule has 2 aromatic carbocycles. The van der Waals surface area contributed by atoms with Crippen molar-refractivity contribution in [3.8, 4) is 11.5 Å². The molecule has 5 nitrogen and oxygen atoms in total. The van der Waals surface area contributed by atoms with Crippen LogP contribution < -0.4 is 9.47 Å². The van der Waals surface area contributed by atoms with Crippen molar-refractivity contribution in [2.45, 2.75) is 12.2 Å². The van der Waals surface area contributed by atoms with E-state index in [4.69, 9.17) is 24.0 Å². The van der Waals surface area contributed by atoms with Gasteiger partial charge >= 0.3 is 0 Å². The van der Waals surface area contributed by atoms with Crippen LogP contribution in [-0.4, -0.2) is 27.4 Å². The molecule has 4 atom stereocenters. The summed E-state index contributed by atoms with van der Waals surface area (Å²) in [4.78, 5) is 11.7. The van der Waals surface area contributed by atoms with Gasteiger partial charge < -0.3 is 14.2 Å². The van der Waals surface area contributed by atoms with Crippen molar-refractivity contribution in [2.24, 2.45) is 11.8 Å². The second kappa shape index (κ2) is 7.04. The fourth-order valence-corrected chi connectivity index (χ4v) is 3.76. The molecule has 2 saturated heterocycles. The Kier molecular flexibility index (Phi) is 4.61. The minimum absolute atomic E-state index is 0.116. The highest BCUT2D eigenvalue weighted by Gasteiger charge is 2.47. The Morgan fingerprint density at radius 2 is 1.56 bits per heavy atom. The van der Waals surface area contributed by atoms with E-state index in [0.29, 0.717) is 13.2 Å². The molecule has 0 N–H and O–H groups in total. The summed E-state index contributed by atoms with van der Waals surface area (Å²) in [5, 5.41) is 0. The van der Waals surface area contributed by atoms with Gasteiger partial charge in [0.25, 0.3) is 0 Å². The maximum atomic E-state index is 5.86. The maximum absolute atomic E-state index is 5.86. The highest BCUT2D eigenvalue weighted by atomic mass is 17.2. The van der Waals surface area contributed by atoms with Crippen molar-refractivity contribution < 1.29 is 24.0 Å². The van der Waals surface area contributed by atoms with Gasteiger partial charge in [-0.15, -0.1) is 0 Å². The molecule has 0 saturated carbocycles. The molecule has 25 heavy (non-hydrogen) atoms. The molecule has 0 spiro atoms. The summed E-state index contributed by atoms with van der Waals surface area (Å²) >= 11 is 0. The number of ether oxygens (including phenoxy) is 3. The lowest BCUT2D eigenvalue weighted by Crippen LogP contribution is -2.34. The van der Waals surface area contributed by atoms with Gasteiger partial charge in [-0.25, -0.2) is 9.78 Å². The van der Waals surface area contributed by atoms with Crippen LogP contribution >= 0.6 is 0 Å². The fourth-order valence-electron chi connectivity index (χ4n) is 3.76. The summed E-state index contributed by atoms with van der Waals surface area (Å²) in [7, 11) is 3.29. The summed E-state index contributed by atoms with van der Waals surface area (Å²) in [6.45, 7) is 1.32. The highest BCUT2D eigenvalue weighted by molar-refractivity contribution is 5.42. The molecule has 0 bridgehead atoms. The predicted octanol–water partition coefficient (Wildman–Crippen LogP) is 3.71. The summed E-state index contributed by atoms with van der Waals surface area (Å²) in [6.07, 6.45) is -0.345. The average molecular weight is 342 g/mol. The highest BCUT2D eigenvalue weighted by Crippen LogP contribution is 2.49. The van der Waals surface area contributed by atoms with E-state index < -0.39 is 0 Å². The van der Waals surface area contributed by atoms with E-state index in [1.165, 1.54) is 0 Å². The zero-order chi connectivity index (χ0) is 17.2. The van der Waals surface area contributed by atoms with Gasteiger partial charge in [-0.05, 0) is 17.7 Å². The van der Waals surface area contributed by atoms with Crippen LogP contribution in [0.2, 0.25) is 0 Å². The Morgan fingerprint density at radius 3 is 2.28 bits per heavy atom. The van der Waals surface area contributed by atoms with Gasteiger partial charge in [0.1, 0.15) is 23.7 Å². The molecule has 0 radical (unpaired) electrons. The first-order valence-electron chi connectivity index (χ1n) is 8.48. The molecule has 0 aromatic heterocycles. The first-order chi connectivity index (χ1) is 12.3. The van der Waals surface area contributed by atoms with Gasteiger partial charge in [-0.1, -0.05) is 30.3 Å². The van der Waals surface area contributed by atoms with Crippen molar-refractivity contribution in [1.82, 2.24) is 0 Å². The van der Waals surface area contributed by atoms with Crippen molar-refractivity contribution in [2.75, 3.05) is 27.4 Å². The van der Waals surface area contributed by atoms with Crippen molar-refractivity contribution in [1.29, 1.82) is 0 Å². The number of methoxy groups -OCH3 is 2. The van der Waals surface area contributed by atoms with Gasteiger partial charge in [0.15, 0.2) is 0 Å². The molecule has 0 aliphatic carbocycles. The van der Waals surface area contributed by atoms with Crippen LogP contribution in [0.1, 0.15) is 23.3 Å². The Labute approximate surface area is 147 Å². The monoisotopic (exact) mass is 342 g/mol. The van der Waals surface area contributed by atoms with E-state index in [-0.39, 0.29) is 24.0 Å². The molecule has 5 heteroatoms.